The van der Waals surface area contributed by atoms with Gasteiger partial charge in [-0.2, -0.15) is 0 Å². The van der Waals surface area contributed by atoms with Crippen LogP contribution in [-0.2, 0) is 14.3 Å². The van der Waals surface area contributed by atoms with E-state index in [0.29, 0.717) is 5.56 Å². The third kappa shape index (κ3) is 8.02. The van der Waals surface area contributed by atoms with Gasteiger partial charge in [0, 0.05) is 11.3 Å². The van der Waals surface area contributed by atoms with Gasteiger partial charge in [0.15, 0.2) is 0 Å². The molecule has 0 spiro atoms. The number of benzene rings is 1. The number of carbonyl (C=O) groups is 3. The van der Waals surface area contributed by atoms with Crippen LogP contribution in [0, 0.1) is 5.82 Å². The maximum absolute atomic E-state index is 12.9. The van der Waals surface area contributed by atoms with Crippen molar-refractivity contribution in [1.82, 2.24) is 5.32 Å². The van der Waals surface area contributed by atoms with Crippen LogP contribution in [0.3, 0.4) is 0 Å². The zero-order valence-corrected chi connectivity index (χ0v) is 15.4. The number of esters is 1. The van der Waals surface area contributed by atoms with Crippen LogP contribution in [0.15, 0.2) is 24.3 Å². The van der Waals surface area contributed by atoms with E-state index in [4.69, 9.17) is 9.47 Å². The summed E-state index contributed by atoms with van der Waals surface area (Å²) in [6.07, 6.45) is -0.777. The summed E-state index contributed by atoms with van der Waals surface area (Å²) >= 11 is 0.825. The van der Waals surface area contributed by atoms with Crippen molar-refractivity contribution >= 4 is 28.9 Å². The molecule has 0 radical (unpaired) electrons. The van der Waals surface area contributed by atoms with Gasteiger partial charge in [-0.25, -0.2) is 14.0 Å². The van der Waals surface area contributed by atoms with E-state index in [1.165, 1.54) is 24.3 Å². The predicted molar refractivity (Wildman–Crippen MR) is 93.0 cm³/mol. The molecule has 0 saturated heterocycles. The summed E-state index contributed by atoms with van der Waals surface area (Å²) < 4.78 is 22.9. The minimum Gasteiger partial charge on any atom is -0.464 e. The van der Waals surface area contributed by atoms with E-state index in [1.54, 1.807) is 27.7 Å². The maximum Gasteiger partial charge on any atom is 0.408 e. The molecule has 1 rings (SSSR count). The van der Waals surface area contributed by atoms with Crippen molar-refractivity contribution in [1.29, 1.82) is 0 Å². The molecule has 0 saturated carbocycles. The molecular formula is C17H22FNO5S. The molecule has 0 heterocycles. The summed E-state index contributed by atoms with van der Waals surface area (Å²) in [5.74, 6) is -1.14. The molecule has 0 aromatic heterocycles. The van der Waals surface area contributed by atoms with Crippen molar-refractivity contribution in [3.05, 3.63) is 35.6 Å². The summed E-state index contributed by atoms with van der Waals surface area (Å²) in [6.45, 7) is 6.86. The summed E-state index contributed by atoms with van der Waals surface area (Å²) in [5, 5.41) is 2.06. The molecule has 0 bridgehead atoms. The average Bonchev–Trinajstić information content (AvgIpc) is 2.50. The lowest BCUT2D eigenvalue weighted by molar-refractivity contribution is -0.144. The fourth-order valence-electron chi connectivity index (χ4n) is 1.69. The van der Waals surface area contributed by atoms with Gasteiger partial charge in [0.05, 0.1) is 6.61 Å². The van der Waals surface area contributed by atoms with Gasteiger partial charge in [-0.1, -0.05) is 11.8 Å². The van der Waals surface area contributed by atoms with E-state index in [9.17, 15) is 18.8 Å². The molecule has 138 valence electrons. The molecule has 0 aliphatic carbocycles. The standard InChI is InChI=1S/C17H22FNO5S/c1-5-23-14(20)13(19-16(22)24-17(2,3)4)10-25-15(21)11-6-8-12(18)9-7-11/h6-9,13H,5,10H2,1-4H3,(H,19,22)/t13-/m1/s1. The van der Waals surface area contributed by atoms with Crippen molar-refractivity contribution in [2.45, 2.75) is 39.3 Å². The molecule has 1 amide bonds. The number of hydrogen-bond donors (Lipinski definition) is 1. The highest BCUT2D eigenvalue weighted by atomic mass is 32.2. The van der Waals surface area contributed by atoms with E-state index in [-0.39, 0.29) is 17.5 Å². The molecule has 1 atom stereocenters. The molecule has 0 unspecified atom stereocenters. The molecule has 0 fully saturated rings. The first-order valence-electron chi connectivity index (χ1n) is 7.71. The fourth-order valence-corrected chi connectivity index (χ4v) is 2.53. The molecule has 25 heavy (non-hydrogen) atoms. The van der Waals surface area contributed by atoms with Gasteiger partial charge >= 0.3 is 12.1 Å². The minimum atomic E-state index is -1.04. The van der Waals surface area contributed by atoms with Crippen LogP contribution in [0.4, 0.5) is 9.18 Å². The summed E-state index contributed by atoms with van der Waals surface area (Å²) in [4.78, 5) is 35.9. The number of alkyl carbamates (subject to hydrolysis) is 1. The third-order valence-corrected chi connectivity index (χ3v) is 3.72. The van der Waals surface area contributed by atoms with Gasteiger partial charge in [0.1, 0.15) is 17.5 Å². The second-order valence-corrected chi connectivity index (χ2v) is 7.05. The Hall–Kier alpha value is -2.09. The highest BCUT2D eigenvalue weighted by Crippen LogP contribution is 2.15. The Morgan fingerprint density at radius 3 is 2.32 bits per heavy atom. The predicted octanol–water partition coefficient (Wildman–Crippen LogP) is 3.16. The molecule has 0 aliphatic rings. The van der Waals surface area contributed by atoms with E-state index in [1.807, 2.05) is 0 Å². The topological polar surface area (TPSA) is 81.7 Å². The number of hydrogen-bond acceptors (Lipinski definition) is 6. The van der Waals surface area contributed by atoms with Gasteiger partial charge < -0.3 is 14.8 Å². The monoisotopic (exact) mass is 371 g/mol. The Labute approximate surface area is 150 Å². The summed E-state index contributed by atoms with van der Waals surface area (Å²) in [7, 11) is 0. The highest BCUT2D eigenvalue weighted by molar-refractivity contribution is 8.14. The highest BCUT2D eigenvalue weighted by Gasteiger charge is 2.26. The summed E-state index contributed by atoms with van der Waals surface area (Å²) in [6, 6.07) is 4.02. The zero-order valence-electron chi connectivity index (χ0n) is 14.6. The quantitative estimate of drug-likeness (QED) is 0.774. The van der Waals surface area contributed by atoms with Crippen LogP contribution >= 0.6 is 11.8 Å². The number of carbonyl (C=O) groups excluding carboxylic acids is 3. The average molecular weight is 371 g/mol. The lowest BCUT2D eigenvalue weighted by Gasteiger charge is -2.22. The maximum atomic E-state index is 12.9. The molecule has 6 nitrogen and oxygen atoms in total. The van der Waals surface area contributed by atoms with Crippen molar-refractivity contribution in [3.63, 3.8) is 0 Å². The van der Waals surface area contributed by atoms with Crippen molar-refractivity contribution in [2.24, 2.45) is 0 Å². The van der Waals surface area contributed by atoms with E-state index in [2.05, 4.69) is 5.32 Å². The summed E-state index contributed by atoms with van der Waals surface area (Å²) in [5.41, 5.74) is -0.424. The zero-order chi connectivity index (χ0) is 19.0. The first-order chi connectivity index (χ1) is 11.6. The molecular weight excluding hydrogens is 349 g/mol. The lowest BCUT2D eigenvalue weighted by Crippen LogP contribution is -2.46. The van der Waals surface area contributed by atoms with Crippen LogP contribution < -0.4 is 5.32 Å². The van der Waals surface area contributed by atoms with E-state index < -0.39 is 29.5 Å². The Kier molecular flexibility index (Phi) is 7.89. The molecule has 8 heteroatoms. The Morgan fingerprint density at radius 2 is 1.80 bits per heavy atom. The Bertz CT molecular complexity index is 612. The number of rotatable bonds is 6. The van der Waals surface area contributed by atoms with Gasteiger partial charge in [-0.05, 0) is 52.0 Å². The minimum absolute atomic E-state index is 0.0334. The molecule has 0 aliphatic heterocycles. The fraction of sp³-hybridized carbons (Fsp3) is 0.471. The van der Waals surface area contributed by atoms with Crippen LogP contribution in [0.5, 0.6) is 0 Å². The van der Waals surface area contributed by atoms with Gasteiger partial charge in [-0.3, -0.25) is 4.79 Å². The van der Waals surface area contributed by atoms with E-state index >= 15 is 0 Å². The molecule has 1 N–H and O–H groups in total. The SMILES string of the molecule is CCOC(=O)[C@@H](CSC(=O)c1ccc(F)cc1)NC(=O)OC(C)(C)C. The van der Waals surface area contributed by atoms with E-state index in [0.717, 1.165) is 11.8 Å². The number of nitrogens with one attached hydrogen (secondary N) is 1. The Morgan fingerprint density at radius 1 is 1.20 bits per heavy atom. The molecule has 1 aromatic rings. The van der Waals surface area contributed by atoms with Crippen molar-refractivity contribution in [3.8, 4) is 0 Å². The van der Waals surface area contributed by atoms with Gasteiger partial charge in [-0.15, -0.1) is 0 Å². The largest absolute Gasteiger partial charge is 0.464 e. The number of halogens is 1. The first-order valence-corrected chi connectivity index (χ1v) is 8.69. The normalized spacial score (nSPS) is 12.2. The van der Waals surface area contributed by atoms with Gasteiger partial charge in [0.2, 0.25) is 5.12 Å². The molecule has 1 aromatic carbocycles. The van der Waals surface area contributed by atoms with Crippen molar-refractivity contribution < 1.29 is 28.2 Å². The van der Waals surface area contributed by atoms with Crippen LogP contribution in [-0.4, -0.2) is 41.2 Å². The number of amides is 1. The smallest absolute Gasteiger partial charge is 0.408 e. The second kappa shape index (κ2) is 9.41. The second-order valence-electron chi connectivity index (χ2n) is 6.06. The van der Waals surface area contributed by atoms with Crippen LogP contribution in [0.25, 0.3) is 0 Å². The van der Waals surface area contributed by atoms with Crippen LogP contribution in [0.2, 0.25) is 0 Å². The van der Waals surface area contributed by atoms with Gasteiger partial charge in [0.25, 0.3) is 0 Å². The van der Waals surface area contributed by atoms with Crippen molar-refractivity contribution in [2.75, 3.05) is 12.4 Å². The number of ether oxygens (including phenoxy) is 2. The number of thioether (sulfide) groups is 1. The van der Waals surface area contributed by atoms with Crippen LogP contribution in [0.1, 0.15) is 38.1 Å². The Balaban J connectivity index is 2.70. The third-order valence-electron chi connectivity index (χ3n) is 2.72. The first kappa shape index (κ1) is 21.0. The lowest BCUT2D eigenvalue weighted by atomic mass is 10.2.